The van der Waals surface area contributed by atoms with Crippen molar-refractivity contribution in [3.05, 3.63) is 64.2 Å². The van der Waals surface area contributed by atoms with E-state index in [4.69, 9.17) is 4.42 Å². The highest BCUT2D eigenvalue weighted by atomic mass is 79.9. The van der Waals surface area contributed by atoms with Crippen LogP contribution in [0.2, 0.25) is 0 Å². The van der Waals surface area contributed by atoms with Gasteiger partial charge in [0.05, 0.1) is 5.56 Å². The first-order valence-electron chi connectivity index (χ1n) is 6.70. The third kappa shape index (κ3) is 3.29. The number of nitrogens with zero attached hydrogens (tertiary/aromatic N) is 2. The van der Waals surface area contributed by atoms with Crippen molar-refractivity contribution in [2.75, 3.05) is 5.32 Å². The van der Waals surface area contributed by atoms with Crippen molar-refractivity contribution < 1.29 is 13.6 Å². The summed E-state index contributed by atoms with van der Waals surface area (Å²) < 4.78 is 19.9. The molecule has 0 saturated heterocycles. The molecule has 0 aliphatic rings. The van der Waals surface area contributed by atoms with Gasteiger partial charge in [0.25, 0.3) is 5.89 Å². The number of carbonyl (C=O) groups excluding carboxylic acids is 1. The zero-order valence-corrected chi connectivity index (χ0v) is 13.6. The van der Waals surface area contributed by atoms with E-state index < -0.39 is 11.7 Å². The first-order valence-corrected chi connectivity index (χ1v) is 7.50. The van der Waals surface area contributed by atoms with Gasteiger partial charge in [-0.05, 0) is 42.8 Å². The SMILES string of the molecule is Cc1cc(NC(=O)c2nnc(-c3ccccc3F)o2)ccc1Br. The predicted octanol–water partition coefficient (Wildman–Crippen LogP) is 4.20. The summed E-state index contributed by atoms with van der Waals surface area (Å²) in [6.45, 7) is 1.91. The van der Waals surface area contributed by atoms with Gasteiger partial charge in [0.2, 0.25) is 0 Å². The average molecular weight is 376 g/mol. The molecule has 23 heavy (non-hydrogen) atoms. The number of amides is 1. The third-order valence-electron chi connectivity index (χ3n) is 3.14. The lowest BCUT2D eigenvalue weighted by atomic mass is 10.2. The summed E-state index contributed by atoms with van der Waals surface area (Å²) in [6, 6.07) is 11.3. The summed E-state index contributed by atoms with van der Waals surface area (Å²) >= 11 is 3.39. The lowest BCUT2D eigenvalue weighted by Gasteiger charge is -2.04. The minimum absolute atomic E-state index is 0.0414. The van der Waals surface area contributed by atoms with Crippen LogP contribution in [0.3, 0.4) is 0 Å². The Balaban J connectivity index is 1.81. The van der Waals surface area contributed by atoms with Crippen LogP contribution in [0.5, 0.6) is 0 Å². The maximum atomic E-state index is 13.7. The molecule has 5 nitrogen and oxygen atoms in total. The van der Waals surface area contributed by atoms with E-state index in [1.807, 2.05) is 13.0 Å². The molecule has 2 aromatic carbocycles. The number of aryl methyl sites for hydroxylation is 1. The molecule has 1 heterocycles. The van der Waals surface area contributed by atoms with Crippen LogP contribution in [0.15, 0.2) is 51.4 Å². The average Bonchev–Trinajstić information content (AvgIpc) is 3.01. The molecule has 0 radical (unpaired) electrons. The number of nitrogens with one attached hydrogen (secondary N) is 1. The zero-order valence-electron chi connectivity index (χ0n) is 12.0. The monoisotopic (exact) mass is 375 g/mol. The van der Waals surface area contributed by atoms with Crippen LogP contribution in [0.25, 0.3) is 11.5 Å². The van der Waals surface area contributed by atoms with Crippen molar-refractivity contribution in [2.24, 2.45) is 0 Å². The third-order valence-corrected chi connectivity index (χ3v) is 4.03. The van der Waals surface area contributed by atoms with Gasteiger partial charge in [0.1, 0.15) is 5.82 Å². The molecular weight excluding hydrogens is 365 g/mol. The summed E-state index contributed by atoms with van der Waals surface area (Å²) in [5.74, 6) is -1.32. The predicted molar refractivity (Wildman–Crippen MR) is 86.5 cm³/mol. The zero-order chi connectivity index (χ0) is 16.4. The lowest BCUT2D eigenvalue weighted by Crippen LogP contribution is -2.12. The van der Waals surface area contributed by atoms with Gasteiger partial charge < -0.3 is 9.73 Å². The molecule has 1 amide bonds. The number of hydrogen-bond acceptors (Lipinski definition) is 4. The van der Waals surface area contributed by atoms with Crippen molar-refractivity contribution in [1.82, 2.24) is 10.2 Å². The maximum Gasteiger partial charge on any atom is 0.313 e. The van der Waals surface area contributed by atoms with Gasteiger partial charge in [-0.2, -0.15) is 0 Å². The second kappa shape index (κ2) is 6.29. The molecule has 1 aromatic heterocycles. The minimum Gasteiger partial charge on any atom is -0.412 e. The summed E-state index contributed by atoms with van der Waals surface area (Å²) in [6.07, 6.45) is 0. The van der Waals surface area contributed by atoms with E-state index in [1.54, 1.807) is 24.3 Å². The van der Waals surface area contributed by atoms with E-state index in [9.17, 15) is 9.18 Å². The van der Waals surface area contributed by atoms with E-state index in [0.29, 0.717) is 5.69 Å². The summed E-state index contributed by atoms with van der Waals surface area (Å²) in [5, 5.41) is 10.0. The number of hydrogen-bond donors (Lipinski definition) is 1. The molecular formula is C16H11BrFN3O2. The summed E-state index contributed by atoms with van der Waals surface area (Å²) in [5.41, 5.74) is 1.72. The van der Waals surface area contributed by atoms with Gasteiger partial charge in [-0.25, -0.2) is 4.39 Å². The normalized spacial score (nSPS) is 10.6. The highest BCUT2D eigenvalue weighted by molar-refractivity contribution is 9.10. The van der Waals surface area contributed by atoms with Crippen LogP contribution in [-0.2, 0) is 0 Å². The first-order chi connectivity index (χ1) is 11.0. The number of aromatic nitrogens is 2. The highest BCUT2D eigenvalue weighted by Crippen LogP contribution is 2.22. The molecule has 1 N–H and O–H groups in total. The molecule has 0 fully saturated rings. The molecule has 0 saturated carbocycles. The second-order valence-corrected chi connectivity index (χ2v) is 5.66. The van der Waals surface area contributed by atoms with Crippen LogP contribution < -0.4 is 5.32 Å². The van der Waals surface area contributed by atoms with E-state index in [2.05, 4.69) is 31.4 Å². The van der Waals surface area contributed by atoms with E-state index in [0.717, 1.165) is 10.0 Å². The van der Waals surface area contributed by atoms with Gasteiger partial charge >= 0.3 is 11.8 Å². The van der Waals surface area contributed by atoms with Gasteiger partial charge in [-0.3, -0.25) is 4.79 Å². The number of anilines is 1. The maximum absolute atomic E-state index is 13.7. The van der Waals surface area contributed by atoms with Crippen molar-refractivity contribution in [1.29, 1.82) is 0 Å². The van der Waals surface area contributed by atoms with Gasteiger partial charge in [-0.1, -0.05) is 28.1 Å². The summed E-state index contributed by atoms with van der Waals surface area (Å²) in [7, 11) is 0. The Morgan fingerprint density at radius 1 is 1.22 bits per heavy atom. The van der Waals surface area contributed by atoms with Crippen molar-refractivity contribution >= 4 is 27.5 Å². The van der Waals surface area contributed by atoms with Crippen LogP contribution >= 0.6 is 15.9 Å². The number of carbonyl (C=O) groups is 1. The van der Waals surface area contributed by atoms with Gasteiger partial charge in [-0.15, -0.1) is 10.2 Å². The Bertz CT molecular complexity index is 879. The van der Waals surface area contributed by atoms with Crippen LogP contribution in [0.1, 0.15) is 16.2 Å². The fraction of sp³-hybridized carbons (Fsp3) is 0.0625. The second-order valence-electron chi connectivity index (χ2n) is 4.81. The number of rotatable bonds is 3. The minimum atomic E-state index is -0.554. The molecule has 0 unspecified atom stereocenters. The summed E-state index contributed by atoms with van der Waals surface area (Å²) in [4.78, 5) is 12.1. The Kier molecular flexibility index (Phi) is 4.20. The Morgan fingerprint density at radius 3 is 2.74 bits per heavy atom. The molecule has 0 atom stereocenters. The Labute approximate surface area is 139 Å². The smallest absolute Gasteiger partial charge is 0.313 e. The Morgan fingerprint density at radius 2 is 2.00 bits per heavy atom. The fourth-order valence-electron chi connectivity index (χ4n) is 1.97. The number of halogens is 2. The molecule has 7 heteroatoms. The van der Waals surface area contributed by atoms with Crippen LogP contribution in [0.4, 0.5) is 10.1 Å². The Hall–Kier alpha value is -2.54. The van der Waals surface area contributed by atoms with Gasteiger partial charge in [0, 0.05) is 10.2 Å². The molecule has 3 rings (SSSR count). The highest BCUT2D eigenvalue weighted by Gasteiger charge is 2.18. The van der Waals surface area contributed by atoms with Crippen LogP contribution in [0, 0.1) is 12.7 Å². The first kappa shape index (κ1) is 15.4. The quantitative estimate of drug-likeness (QED) is 0.744. The molecule has 3 aromatic rings. The largest absolute Gasteiger partial charge is 0.412 e. The molecule has 0 aliphatic carbocycles. The van der Waals surface area contributed by atoms with Crippen molar-refractivity contribution in [3.8, 4) is 11.5 Å². The van der Waals surface area contributed by atoms with E-state index in [1.165, 1.54) is 12.1 Å². The van der Waals surface area contributed by atoms with Gasteiger partial charge in [0.15, 0.2) is 0 Å². The van der Waals surface area contributed by atoms with Crippen molar-refractivity contribution in [3.63, 3.8) is 0 Å². The lowest BCUT2D eigenvalue weighted by molar-refractivity contribution is 0.0991. The topological polar surface area (TPSA) is 68.0 Å². The fourth-order valence-corrected chi connectivity index (χ4v) is 2.21. The molecule has 0 aliphatic heterocycles. The molecule has 0 spiro atoms. The molecule has 0 bridgehead atoms. The van der Waals surface area contributed by atoms with Crippen LogP contribution in [-0.4, -0.2) is 16.1 Å². The number of benzene rings is 2. The van der Waals surface area contributed by atoms with E-state index in [-0.39, 0.29) is 17.3 Å². The van der Waals surface area contributed by atoms with Crippen molar-refractivity contribution in [2.45, 2.75) is 6.92 Å². The van der Waals surface area contributed by atoms with E-state index >= 15 is 0 Å². The standard InChI is InChI=1S/C16H11BrFN3O2/c1-9-8-10(6-7-12(9)17)19-14(22)16-21-20-15(23-16)11-4-2-3-5-13(11)18/h2-8H,1H3,(H,19,22). The molecule has 116 valence electrons.